The second kappa shape index (κ2) is 10.2. The van der Waals surface area contributed by atoms with Gasteiger partial charge in [0.25, 0.3) is 0 Å². The van der Waals surface area contributed by atoms with E-state index in [9.17, 15) is 8.60 Å². The predicted octanol–water partition coefficient (Wildman–Crippen LogP) is 2.48. The van der Waals surface area contributed by atoms with Crippen molar-refractivity contribution in [3.8, 4) is 5.75 Å². The van der Waals surface area contributed by atoms with Gasteiger partial charge >= 0.3 is 0 Å². The number of hydrogen-bond donors (Lipinski definition) is 2. The van der Waals surface area contributed by atoms with Gasteiger partial charge in [0, 0.05) is 47.0 Å². The van der Waals surface area contributed by atoms with Gasteiger partial charge < -0.3 is 20.1 Å². The van der Waals surface area contributed by atoms with Gasteiger partial charge in [-0.05, 0) is 43.4 Å². The van der Waals surface area contributed by atoms with E-state index in [2.05, 4.69) is 15.6 Å². The molecule has 0 aromatic heterocycles. The molecule has 2 aliphatic rings. The first-order valence-electron chi connectivity index (χ1n) is 9.97. The van der Waals surface area contributed by atoms with Crippen LogP contribution in [0, 0.1) is 5.82 Å². The number of benzene rings is 1. The molecule has 3 rings (SSSR count). The Morgan fingerprint density at radius 1 is 1.39 bits per heavy atom. The molecule has 1 aromatic rings. The van der Waals surface area contributed by atoms with Crippen LogP contribution in [0.15, 0.2) is 17.1 Å². The van der Waals surface area contributed by atoms with Crippen molar-refractivity contribution in [1.82, 2.24) is 10.6 Å². The molecule has 1 aliphatic heterocycles. The Labute approximate surface area is 168 Å². The van der Waals surface area contributed by atoms with Crippen LogP contribution < -0.4 is 15.4 Å². The number of rotatable bonds is 6. The quantitative estimate of drug-likeness (QED) is 0.556. The monoisotopic (exact) mass is 411 g/mol. The summed E-state index contributed by atoms with van der Waals surface area (Å²) < 4.78 is 36.8. The Morgan fingerprint density at radius 3 is 3.04 bits per heavy atom. The number of nitrogens with zero attached hydrogens (tertiary/aromatic N) is 1. The first kappa shape index (κ1) is 21.0. The Bertz CT molecular complexity index is 729. The first-order chi connectivity index (χ1) is 13.6. The van der Waals surface area contributed by atoms with Gasteiger partial charge in [0.15, 0.2) is 12.8 Å². The van der Waals surface area contributed by atoms with E-state index in [4.69, 9.17) is 9.47 Å². The van der Waals surface area contributed by atoms with Crippen LogP contribution in [0.5, 0.6) is 5.75 Å². The molecule has 28 heavy (non-hydrogen) atoms. The first-order valence-corrected chi connectivity index (χ1v) is 11.3. The molecule has 156 valence electrons. The minimum Gasteiger partial charge on any atom is -0.467 e. The molecule has 1 saturated carbocycles. The van der Waals surface area contributed by atoms with Gasteiger partial charge in [-0.1, -0.05) is 13.3 Å². The SMILES string of the molecule is CCS(=O)C1CCCC(NC(=NC)NCCc2cc(F)cc3c2OCOC3)C1. The Morgan fingerprint density at radius 2 is 2.25 bits per heavy atom. The fourth-order valence-electron chi connectivity index (χ4n) is 3.90. The maximum Gasteiger partial charge on any atom is 0.191 e. The van der Waals surface area contributed by atoms with E-state index in [1.165, 1.54) is 12.1 Å². The van der Waals surface area contributed by atoms with Crippen molar-refractivity contribution in [2.45, 2.75) is 56.9 Å². The van der Waals surface area contributed by atoms with Crippen molar-refractivity contribution in [1.29, 1.82) is 0 Å². The van der Waals surface area contributed by atoms with Crippen molar-refractivity contribution in [3.63, 3.8) is 0 Å². The Balaban J connectivity index is 1.52. The van der Waals surface area contributed by atoms with Crippen LogP contribution in [0.1, 0.15) is 43.7 Å². The van der Waals surface area contributed by atoms with E-state index in [0.29, 0.717) is 19.6 Å². The lowest BCUT2D eigenvalue weighted by molar-refractivity contribution is -0.0172. The summed E-state index contributed by atoms with van der Waals surface area (Å²) >= 11 is 0. The smallest absolute Gasteiger partial charge is 0.191 e. The third kappa shape index (κ3) is 5.44. The standard InChI is InChI=1S/C20H30FN3O3S/c1-3-28(25)18-6-4-5-17(11-18)24-20(22-2)23-8-7-14-9-16(21)10-15-12-26-13-27-19(14)15/h9-10,17-18H,3-8,11-13H2,1-2H3,(H2,22,23,24). The van der Waals surface area contributed by atoms with E-state index in [1.807, 2.05) is 6.92 Å². The predicted molar refractivity (Wildman–Crippen MR) is 110 cm³/mol. The van der Waals surface area contributed by atoms with Gasteiger partial charge in [-0.15, -0.1) is 0 Å². The highest BCUT2D eigenvalue weighted by Gasteiger charge is 2.26. The maximum atomic E-state index is 13.9. The summed E-state index contributed by atoms with van der Waals surface area (Å²) in [4.78, 5) is 4.30. The molecule has 1 aromatic carbocycles. The summed E-state index contributed by atoms with van der Waals surface area (Å²) in [5, 5.41) is 7.03. The number of ether oxygens (including phenoxy) is 2. The summed E-state index contributed by atoms with van der Waals surface area (Å²) in [6.45, 7) is 3.16. The molecule has 0 amide bonds. The molecule has 8 heteroatoms. The largest absolute Gasteiger partial charge is 0.467 e. The lowest BCUT2D eigenvalue weighted by atomic mass is 9.95. The van der Waals surface area contributed by atoms with Crippen molar-refractivity contribution < 1.29 is 18.1 Å². The van der Waals surface area contributed by atoms with E-state index >= 15 is 0 Å². The van der Waals surface area contributed by atoms with Crippen LogP contribution in [-0.2, 0) is 28.6 Å². The molecule has 3 atom stereocenters. The van der Waals surface area contributed by atoms with Crippen molar-refractivity contribution in [2.24, 2.45) is 4.99 Å². The van der Waals surface area contributed by atoms with E-state index in [-0.39, 0.29) is 23.9 Å². The molecule has 1 aliphatic carbocycles. The zero-order valence-electron chi connectivity index (χ0n) is 16.6. The number of guanidine groups is 1. The highest BCUT2D eigenvalue weighted by Crippen LogP contribution is 2.29. The fourth-order valence-corrected chi connectivity index (χ4v) is 5.24. The average molecular weight is 412 g/mol. The maximum absolute atomic E-state index is 13.9. The molecule has 0 radical (unpaired) electrons. The van der Waals surface area contributed by atoms with Crippen molar-refractivity contribution in [2.75, 3.05) is 26.1 Å². The van der Waals surface area contributed by atoms with Gasteiger partial charge in [0.1, 0.15) is 11.6 Å². The van der Waals surface area contributed by atoms with Gasteiger partial charge in [-0.3, -0.25) is 9.20 Å². The summed E-state index contributed by atoms with van der Waals surface area (Å²) in [7, 11) is 0.996. The minimum atomic E-state index is -0.745. The Hall–Kier alpha value is -1.67. The highest BCUT2D eigenvalue weighted by atomic mass is 32.2. The third-order valence-electron chi connectivity index (χ3n) is 5.29. The third-order valence-corrected chi connectivity index (χ3v) is 7.03. The average Bonchev–Trinajstić information content (AvgIpc) is 2.72. The van der Waals surface area contributed by atoms with E-state index in [1.54, 1.807) is 7.05 Å². The number of fused-ring (bicyclic) bond motifs is 1. The van der Waals surface area contributed by atoms with Crippen LogP contribution in [0.4, 0.5) is 4.39 Å². The molecular formula is C20H30FN3O3S. The van der Waals surface area contributed by atoms with Gasteiger partial charge in [0.05, 0.1) is 6.61 Å². The van der Waals surface area contributed by atoms with E-state index < -0.39 is 10.8 Å². The van der Waals surface area contributed by atoms with Gasteiger partial charge in [-0.2, -0.15) is 0 Å². The molecule has 3 unspecified atom stereocenters. The minimum absolute atomic E-state index is 0.199. The summed E-state index contributed by atoms with van der Waals surface area (Å²) in [5.74, 6) is 1.90. The number of halogens is 1. The van der Waals surface area contributed by atoms with Gasteiger partial charge in [0.2, 0.25) is 0 Å². The van der Waals surface area contributed by atoms with Crippen LogP contribution in [-0.4, -0.2) is 47.6 Å². The zero-order valence-corrected chi connectivity index (χ0v) is 17.4. The second-order valence-corrected chi connectivity index (χ2v) is 9.22. The number of hydrogen-bond acceptors (Lipinski definition) is 4. The lowest BCUT2D eigenvalue weighted by Gasteiger charge is -2.30. The molecule has 1 heterocycles. The molecule has 0 spiro atoms. The normalized spacial score (nSPS) is 23.5. The van der Waals surface area contributed by atoms with Crippen LogP contribution in [0.2, 0.25) is 0 Å². The molecule has 2 N–H and O–H groups in total. The van der Waals surface area contributed by atoms with Crippen LogP contribution >= 0.6 is 0 Å². The molecule has 0 bridgehead atoms. The molecule has 0 saturated heterocycles. The zero-order chi connectivity index (χ0) is 19.9. The summed E-state index contributed by atoms with van der Waals surface area (Å²) in [5.41, 5.74) is 1.58. The van der Waals surface area contributed by atoms with E-state index in [0.717, 1.165) is 54.3 Å². The topological polar surface area (TPSA) is 72.0 Å². The van der Waals surface area contributed by atoms with Crippen molar-refractivity contribution >= 4 is 16.8 Å². The second-order valence-electron chi connectivity index (χ2n) is 7.21. The number of aliphatic imine (C=N–C) groups is 1. The molecular weight excluding hydrogens is 381 g/mol. The Kier molecular flexibility index (Phi) is 7.67. The van der Waals surface area contributed by atoms with Crippen LogP contribution in [0.3, 0.4) is 0 Å². The molecule has 6 nitrogen and oxygen atoms in total. The lowest BCUT2D eigenvalue weighted by Crippen LogP contribution is -2.47. The van der Waals surface area contributed by atoms with Crippen molar-refractivity contribution in [3.05, 3.63) is 29.1 Å². The summed E-state index contributed by atoms with van der Waals surface area (Å²) in [6.07, 6.45) is 4.71. The van der Waals surface area contributed by atoms with Gasteiger partial charge in [-0.25, -0.2) is 4.39 Å². The fraction of sp³-hybridized carbons (Fsp3) is 0.650. The summed E-state index contributed by atoms with van der Waals surface area (Å²) in [6, 6.07) is 3.27. The molecule has 1 fully saturated rings. The highest BCUT2D eigenvalue weighted by molar-refractivity contribution is 7.85. The number of nitrogens with one attached hydrogen (secondary N) is 2. The van der Waals surface area contributed by atoms with Crippen LogP contribution in [0.25, 0.3) is 0 Å².